The molecular formula is C23H28N2O2. The summed E-state index contributed by atoms with van der Waals surface area (Å²) in [4.78, 5) is 26.2. The number of nitrogens with zero attached hydrogens (tertiary/aromatic N) is 1. The molecule has 1 aliphatic rings. The average Bonchev–Trinajstić information content (AvgIpc) is 3.46. The van der Waals surface area contributed by atoms with E-state index >= 15 is 0 Å². The molecule has 4 nitrogen and oxygen atoms in total. The summed E-state index contributed by atoms with van der Waals surface area (Å²) in [6, 6.07) is 15.5. The van der Waals surface area contributed by atoms with E-state index in [0.717, 1.165) is 24.1 Å². The van der Waals surface area contributed by atoms with E-state index in [1.54, 1.807) is 29.2 Å². The van der Waals surface area contributed by atoms with Gasteiger partial charge in [-0.05, 0) is 53.6 Å². The summed E-state index contributed by atoms with van der Waals surface area (Å²) < 4.78 is 0. The zero-order valence-electron chi connectivity index (χ0n) is 16.6. The van der Waals surface area contributed by atoms with Gasteiger partial charge in [-0.25, -0.2) is 0 Å². The van der Waals surface area contributed by atoms with Crippen LogP contribution in [0.25, 0.3) is 0 Å². The Morgan fingerprint density at radius 1 is 1.00 bits per heavy atom. The number of carbonyl (C=O) groups excluding carboxylic acids is 2. The summed E-state index contributed by atoms with van der Waals surface area (Å²) in [5, 5.41) is 2.89. The van der Waals surface area contributed by atoms with E-state index in [4.69, 9.17) is 0 Å². The van der Waals surface area contributed by atoms with Crippen LogP contribution in [0.3, 0.4) is 0 Å². The van der Waals surface area contributed by atoms with E-state index in [-0.39, 0.29) is 23.1 Å². The number of anilines is 1. The SMILES string of the molecule is CN(Cc1ccc(C(C)(C)C)cc1)C(=O)c1ccc(NC(=O)C2CC2)cc1. The van der Waals surface area contributed by atoms with E-state index in [9.17, 15) is 9.59 Å². The summed E-state index contributed by atoms with van der Waals surface area (Å²) >= 11 is 0. The van der Waals surface area contributed by atoms with Crippen molar-refractivity contribution in [1.29, 1.82) is 0 Å². The third kappa shape index (κ3) is 4.97. The summed E-state index contributed by atoms with van der Waals surface area (Å²) in [6.45, 7) is 7.13. The minimum absolute atomic E-state index is 0.0324. The summed E-state index contributed by atoms with van der Waals surface area (Å²) in [6.07, 6.45) is 1.95. The van der Waals surface area contributed by atoms with Crippen molar-refractivity contribution >= 4 is 17.5 Å². The van der Waals surface area contributed by atoms with Gasteiger partial charge in [0.25, 0.3) is 5.91 Å². The Morgan fingerprint density at radius 3 is 2.11 bits per heavy atom. The van der Waals surface area contributed by atoms with E-state index < -0.39 is 0 Å². The lowest BCUT2D eigenvalue weighted by molar-refractivity contribution is -0.117. The van der Waals surface area contributed by atoms with Crippen LogP contribution in [0.1, 0.15) is 55.1 Å². The zero-order valence-corrected chi connectivity index (χ0v) is 16.6. The maximum atomic E-state index is 12.7. The lowest BCUT2D eigenvalue weighted by atomic mass is 9.87. The second kappa shape index (κ2) is 7.55. The van der Waals surface area contributed by atoms with Crippen LogP contribution in [-0.2, 0) is 16.8 Å². The van der Waals surface area contributed by atoms with Gasteiger partial charge in [0.1, 0.15) is 0 Å². The second-order valence-electron chi connectivity index (χ2n) is 8.45. The van der Waals surface area contributed by atoms with E-state index in [1.807, 2.05) is 7.05 Å². The smallest absolute Gasteiger partial charge is 0.253 e. The van der Waals surface area contributed by atoms with Crippen molar-refractivity contribution in [2.24, 2.45) is 5.92 Å². The maximum absolute atomic E-state index is 12.7. The highest BCUT2D eigenvalue weighted by Crippen LogP contribution is 2.30. The molecule has 0 atom stereocenters. The number of carbonyl (C=O) groups is 2. The van der Waals surface area contributed by atoms with Gasteiger partial charge >= 0.3 is 0 Å². The Bertz CT molecular complexity index is 813. The Kier molecular flexibility index (Phi) is 5.36. The molecular weight excluding hydrogens is 336 g/mol. The summed E-state index contributed by atoms with van der Waals surface area (Å²) in [5.41, 5.74) is 3.87. The molecule has 27 heavy (non-hydrogen) atoms. The molecule has 4 heteroatoms. The van der Waals surface area contributed by atoms with Gasteiger partial charge in [0.05, 0.1) is 0 Å². The van der Waals surface area contributed by atoms with Crippen molar-refractivity contribution in [3.05, 3.63) is 65.2 Å². The van der Waals surface area contributed by atoms with E-state index in [1.165, 1.54) is 5.56 Å². The molecule has 0 aromatic heterocycles. The van der Waals surface area contributed by atoms with Gasteiger partial charge in [-0.1, -0.05) is 45.0 Å². The summed E-state index contributed by atoms with van der Waals surface area (Å²) in [7, 11) is 1.81. The molecule has 1 saturated carbocycles. The van der Waals surface area contributed by atoms with Crippen LogP contribution in [0.4, 0.5) is 5.69 Å². The first-order chi connectivity index (χ1) is 12.7. The highest BCUT2D eigenvalue weighted by molar-refractivity contribution is 5.96. The predicted molar refractivity (Wildman–Crippen MR) is 109 cm³/mol. The molecule has 2 aromatic carbocycles. The normalized spacial score (nSPS) is 13.9. The predicted octanol–water partition coefficient (Wildman–Crippen LogP) is 4.60. The third-order valence-corrected chi connectivity index (χ3v) is 4.93. The van der Waals surface area contributed by atoms with Gasteiger partial charge < -0.3 is 10.2 Å². The fourth-order valence-corrected chi connectivity index (χ4v) is 2.96. The Labute approximate surface area is 161 Å². The van der Waals surface area contributed by atoms with Crippen molar-refractivity contribution in [2.75, 3.05) is 12.4 Å². The number of nitrogens with one attached hydrogen (secondary N) is 1. The first kappa shape index (κ1) is 19.2. The van der Waals surface area contributed by atoms with Gasteiger partial charge in [0.15, 0.2) is 0 Å². The number of amides is 2. The standard InChI is InChI=1S/C23H28N2O2/c1-23(2,3)19-11-5-16(6-12-19)15-25(4)22(27)18-9-13-20(14-10-18)24-21(26)17-7-8-17/h5-6,9-14,17H,7-8,15H2,1-4H3,(H,24,26). The molecule has 0 heterocycles. The number of benzene rings is 2. The van der Waals surface area contributed by atoms with E-state index in [2.05, 4.69) is 50.4 Å². The minimum Gasteiger partial charge on any atom is -0.337 e. The van der Waals surface area contributed by atoms with Crippen molar-refractivity contribution in [1.82, 2.24) is 4.90 Å². The molecule has 1 N–H and O–H groups in total. The largest absolute Gasteiger partial charge is 0.337 e. The van der Waals surface area contributed by atoms with Gasteiger partial charge in [0.2, 0.25) is 5.91 Å². The molecule has 0 saturated heterocycles. The Balaban J connectivity index is 1.60. The minimum atomic E-state index is -0.0324. The highest BCUT2D eigenvalue weighted by atomic mass is 16.2. The quantitative estimate of drug-likeness (QED) is 0.842. The van der Waals surface area contributed by atoms with Gasteiger partial charge in [0, 0.05) is 30.8 Å². The highest BCUT2D eigenvalue weighted by Gasteiger charge is 2.29. The number of hydrogen-bond acceptors (Lipinski definition) is 2. The van der Waals surface area contributed by atoms with E-state index in [0.29, 0.717) is 12.1 Å². The molecule has 0 unspecified atom stereocenters. The van der Waals surface area contributed by atoms with Crippen LogP contribution < -0.4 is 5.32 Å². The lowest BCUT2D eigenvalue weighted by Gasteiger charge is -2.21. The number of rotatable bonds is 5. The average molecular weight is 364 g/mol. The maximum Gasteiger partial charge on any atom is 0.253 e. The zero-order chi connectivity index (χ0) is 19.6. The molecule has 0 radical (unpaired) electrons. The van der Waals surface area contributed by atoms with Crippen molar-refractivity contribution < 1.29 is 9.59 Å². The van der Waals surface area contributed by atoms with Crippen LogP contribution in [-0.4, -0.2) is 23.8 Å². The third-order valence-electron chi connectivity index (χ3n) is 4.93. The Hall–Kier alpha value is -2.62. The van der Waals surface area contributed by atoms with Gasteiger partial charge in [-0.3, -0.25) is 9.59 Å². The van der Waals surface area contributed by atoms with Crippen molar-refractivity contribution in [3.63, 3.8) is 0 Å². The molecule has 2 aromatic rings. The first-order valence-electron chi connectivity index (χ1n) is 9.50. The topological polar surface area (TPSA) is 49.4 Å². The van der Waals surface area contributed by atoms with Crippen molar-refractivity contribution in [3.8, 4) is 0 Å². The molecule has 1 fully saturated rings. The van der Waals surface area contributed by atoms with Crippen LogP contribution in [0.2, 0.25) is 0 Å². The number of hydrogen-bond donors (Lipinski definition) is 1. The van der Waals surface area contributed by atoms with Gasteiger partial charge in [-0.15, -0.1) is 0 Å². The second-order valence-corrected chi connectivity index (χ2v) is 8.45. The molecule has 0 aliphatic heterocycles. The van der Waals surface area contributed by atoms with Gasteiger partial charge in [-0.2, -0.15) is 0 Å². The van der Waals surface area contributed by atoms with Crippen LogP contribution in [0.15, 0.2) is 48.5 Å². The Morgan fingerprint density at radius 2 is 1.59 bits per heavy atom. The summed E-state index contributed by atoms with van der Waals surface area (Å²) in [5.74, 6) is 0.210. The van der Waals surface area contributed by atoms with Crippen molar-refractivity contribution in [2.45, 2.75) is 45.6 Å². The fraction of sp³-hybridized carbons (Fsp3) is 0.391. The fourth-order valence-electron chi connectivity index (χ4n) is 2.96. The monoisotopic (exact) mass is 364 g/mol. The molecule has 1 aliphatic carbocycles. The first-order valence-corrected chi connectivity index (χ1v) is 9.50. The van der Waals surface area contributed by atoms with Crippen LogP contribution in [0.5, 0.6) is 0 Å². The molecule has 3 rings (SSSR count). The van der Waals surface area contributed by atoms with Crippen LogP contribution >= 0.6 is 0 Å². The molecule has 142 valence electrons. The molecule has 2 amide bonds. The molecule has 0 spiro atoms. The van der Waals surface area contributed by atoms with Crippen LogP contribution in [0, 0.1) is 5.92 Å². The molecule has 0 bridgehead atoms. The lowest BCUT2D eigenvalue weighted by Crippen LogP contribution is -2.26.